The van der Waals surface area contributed by atoms with Crippen LogP contribution in [0.5, 0.6) is 5.75 Å². The smallest absolute Gasteiger partial charge is 0.191 e. The number of benzene rings is 2. The minimum atomic E-state index is -0.181. The molecule has 0 aliphatic heterocycles. The third kappa shape index (κ3) is 4.85. The van der Waals surface area contributed by atoms with Crippen molar-refractivity contribution in [3.05, 3.63) is 70.5 Å². The number of thioether (sulfide) groups is 1. The number of rotatable bonds is 8. The predicted molar refractivity (Wildman–Crippen MR) is 112 cm³/mol. The van der Waals surface area contributed by atoms with Crippen LogP contribution < -0.4 is 4.74 Å². The van der Waals surface area contributed by atoms with E-state index in [0.29, 0.717) is 0 Å². The molecule has 3 aromatic rings. The van der Waals surface area contributed by atoms with Gasteiger partial charge in [-0.15, -0.1) is 10.2 Å². The molecular formula is C21H24ClN3OS. The van der Waals surface area contributed by atoms with Crippen molar-refractivity contribution in [1.82, 2.24) is 14.8 Å². The van der Waals surface area contributed by atoms with E-state index in [1.165, 1.54) is 5.56 Å². The molecule has 0 aliphatic carbocycles. The second-order valence-corrected chi connectivity index (χ2v) is 7.57. The lowest BCUT2D eigenvalue weighted by atomic mass is 10.2. The van der Waals surface area contributed by atoms with E-state index >= 15 is 0 Å². The molecule has 6 heteroatoms. The molecule has 1 atom stereocenters. The first-order chi connectivity index (χ1) is 13.1. The lowest BCUT2D eigenvalue weighted by molar-refractivity contribution is 0.210. The first kappa shape index (κ1) is 19.8. The maximum Gasteiger partial charge on any atom is 0.191 e. The third-order valence-corrected chi connectivity index (χ3v) is 5.77. The third-order valence-electron chi connectivity index (χ3n) is 4.38. The van der Waals surface area contributed by atoms with Crippen molar-refractivity contribution in [2.45, 2.75) is 50.8 Å². The van der Waals surface area contributed by atoms with E-state index in [9.17, 15) is 0 Å². The van der Waals surface area contributed by atoms with Crippen LogP contribution in [0.3, 0.4) is 0 Å². The van der Waals surface area contributed by atoms with Crippen molar-refractivity contribution < 1.29 is 4.74 Å². The molecule has 4 nitrogen and oxygen atoms in total. The molecule has 0 aliphatic rings. The first-order valence-corrected chi connectivity index (χ1v) is 10.5. The molecule has 2 aromatic carbocycles. The normalized spacial score (nSPS) is 12.1. The van der Waals surface area contributed by atoms with Crippen LogP contribution in [0.25, 0.3) is 0 Å². The number of ether oxygens (including phenoxy) is 1. The van der Waals surface area contributed by atoms with Gasteiger partial charge in [-0.3, -0.25) is 0 Å². The summed E-state index contributed by atoms with van der Waals surface area (Å²) in [5, 5.41) is 10.4. The largest absolute Gasteiger partial charge is 0.483 e. The van der Waals surface area contributed by atoms with Crippen molar-refractivity contribution in [3.63, 3.8) is 0 Å². The molecule has 0 unspecified atom stereocenters. The van der Waals surface area contributed by atoms with Gasteiger partial charge >= 0.3 is 0 Å². The average Bonchev–Trinajstić information content (AvgIpc) is 3.11. The van der Waals surface area contributed by atoms with Crippen LogP contribution in [0, 0.1) is 0 Å². The highest BCUT2D eigenvalue weighted by atomic mass is 35.5. The van der Waals surface area contributed by atoms with Crippen molar-refractivity contribution in [2.24, 2.45) is 0 Å². The van der Waals surface area contributed by atoms with Crippen LogP contribution in [-0.2, 0) is 18.7 Å². The standard InChI is InChI=1S/C21H24ClN3OS/c1-4-16-10-12-18(13-11-16)26-15(3)20-23-24-21(25(20)5-2)27-14-17-8-6-7-9-19(17)22/h6-13,15H,4-5,14H2,1-3H3/t15-/m1/s1. The molecule has 142 valence electrons. The second kappa shape index (κ2) is 9.29. The summed E-state index contributed by atoms with van der Waals surface area (Å²) in [6.07, 6.45) is 0.839. The van der Waals surface area contributed by atoms with Gasteiger partial charge in [-0.1, -0.05) is 60.6 Å². The Balaban J connectivity index is 1.71. The van der Waals surface area contributed by atoms with Gasteiger partial charge in [0.15, 0.2) is 17.1 Å². The fourth-order valence-corrected chi connectivity index (χ4v) is 4.12. The Kier molecular flexibility index (Phi) is 6.80. The Bertz CT molecular complexity index is 879. The van der Waals surface area contributed by atoms with Gasteiger partial charge in [0.2, 0.25) is 0 Å². The summed E-state index contributed by atoms with van der Waals surface area (Å²) in [4.78, 5) is 0. The lowest BCUT2D eigenvalue weighted by Crippen LogP contribution is -2.12. The Morgan fingerprint density at radius 1 is 1.07 bits per heavy atom. The molecular weight excluding hydrogens is 378 g/mol. The summed E-state index contributed by atoms with van der Waals surface area (Å²) in [6, 6.07) is 16.1. The highest BCUT2D eigenvalue weighted by Gasteiger charge is 2.19. The van der Waals surface area contributed by atoms with Gasteiger partial charge < -0.3 is 9.30 Å². The Hall–Kier alpha value is -1.98. The van der Waals surface area contributed by atoms with Crippen molar-refractivity contribution in [3.8, 4) is 5.75 Å². The van der Waals surface area contributed by atoms with Gasteiger partial charge in [-0.25, -0.2) is 0 Å². The zero-order valence-corrected chi connectivity index (χ0v) is 17.4. The summed E-state index contributed by atoms with van der Waals surface area (Å²) in [5.74, 6) is 2.43. The van der Waals surface area contributed by atoms with Crippen molar-refractivity contribution in [2.75, 3.05) is 0 Å². The molecule has 1 heterocycles. The summed E-state index contributed by atoms with van der Waals surface area (Å²) in [6.45, 7) is 7.03. The lowest BCUT2D eigenvalue weighted by Gasteiger charge is -2.16. The number of nitrogens with zero attached hydrogens (tertiary/aromatic N) is 3. The van der Waals surface area contributed by atoms with E-state index < -0.39 is 0 Å². The number of halogens is 1. The Morgan fingerprint density at radius 3 is 2.48 bits per heavy atom. The molecule has 0 N–H and O–H groups in total. The minimum Gasteiger partial charge on any atom is -0.483 e. The number of aromatic nitrogens is 3. The quantitative estimate of drug-likeness (QED) is 0.437. The predicted octanol–water partition coefficient (Wildman–Crippen LogP) is 5.95. The molecule has 27 heavy (non-hydrogen) atoms. The van der Waals surface area contributed by atoms with Crippen molar-refractivity contribution >= 4 is 23.4 Å². The van der Waals surface area contributed by atoms with Gasteiger partial charge in [0.05, 0.1) is 0 Å². The van der Waals surface area contributed by atoms with Gasteiger partial charge in [0.25, 0.3) is 0 Å². The number of hydrogen-bond acceptors (Lipinski definition) is 4. The van der Waals surface area contributed by atoms with E-state index in [4.69, 9.17) is 16.3 Å². The molecule has 0 spiro atoms. The van der Waals surface area contributed by atoms with E-state index in [1.54, 1.807) is 11.8 Å². The molecule has 0 saturated carbocycles. The first-order valence-electron chi connectivity index (χ1n) is 9.17. The van der Waals surface area contributed by atoms with E-state index in [2.05, 4.69) is 40.7 Å². The summed E-state index contributed by atoms with van der Waals surface area (Å²) >= 11 is 7.89. The van der Waals surface area contributed by atoms with Gasteiger partial charge in [0.1, 0.15) is 5.75 Å². The Labute approximate surface area is 169 Å². The highest BCUT2D eigenvalue weighted by molar-refractivity contribution is 7.98. The van der Waals surface area contributed by atoms with Crippen LogP contribution >= 0.6 is 23.4 Å². The zero-order chi connectivity index (χ0) is 19.2. The van der Waals surface area contributed by atoms with Crippen LogP contribution in [0.1, 0.15) is 43.8 Å². The molecule has 3 rings (SSSR count). The molecule has 0 radical (unpaired) electrons. The zero-order valence-electron chi connectivity index (χ0n) is 15.9. The molecule has 0 amide bonds. The number of hydrogen-bond donors (Lipinski definition) is 0. The molecule has 0 fully saturated rings. The SMILES string of the molecule is CCc1ccc(O[C@H](C)c2nnc(SCc3ccccc3Cl)n2CC)cc1. The summed E-state index contributed by atoms with van der Waals surface area (Å²) < 4.78 is 8.19. The molecule has 1 aromatic heterocycles. The molecule has 0 bridgehead atoms. The molecule has 0 saturated heterocycles. The van der Waals surface area contributed by atoms with Gasteiger partial charge in [-0.2, -0.15) is 0 Å². The van der Waals surface area contributed by atoms with Crippen LogP contribution in [0.4, 0.5) is 0 Å². The fraction of sp³-hybridized carbons (Fsp3) is 0.333. The van der Waals surface area contributed by atoms with Crippen LogP contribution in [0.15, 0.2) is 53.7 Å². The average molecular weight is 402 g/mol. The van der Waals surface area contributed by atoms with Gasteiger partial charge in [0, 0.05) is 17.3 Å². The Morgan fingerprint density at radius 2 is 1.81 bits per heavy atom. The summed E-state index contributed by atoms with van der Waals surface area (Å²) in [7, 11) is 0. The second-order valence-electron chi connectivity index (χ2n) is 6.22. The maximum absolute atomic E-state index is 6.26. The fourth-order valence-electron chi connectivity index (χ4n) is 2.82. The van der Waals surface area contributed by atoms with Gasteiger partial charge in [-0.05, 0) is 49.6 Å². The minimum absolute atomic E-state index is 0.181. The van der Waals surface area contributed by atoms with E-state index in [-0.39, 0.29) is 6.10 Å². The summed E-state index contributed by atoms with van der Waals surface area (Å²) in [5.41, 5.74) is 2.39. The van der Waals surface area contributed by atoms with Crippen LogP contribution in [-0.4, -0.2) is 14.8 Å². The van der Waals surface area contributed by atoms with Crippen LogP contribution in [0.2, 0.25) is 5.02 Å². The van der Waals surface area contributed by atoms with E-state index in [0.717, 1.165) is 46.0 Å². The highest BCUT2D eigenvalue weighted by Crippen LogP contribution is 2.28. The topological polar surface area (TPSA) is 39.9 Å². The number of aryl methyl sites for hydroxylation is 1. The maximum atomic E-state index is 6.26. The van der Waals surface area contributed by atoms with Crippen molar-refractivity contribution in [1.29, 1.82) is 0 Å². The monoisotopic (exact) mass is 401 g/mol. The van der Waals surface area contributed by atoms with E-state index in [1.807, 2.05) is 43.3 Å².